The van der Waals surface area contributed by atoms with E-state index in [0.717, 1.165) is 45.6 Å². The fourth-order valence-electron chi connectivity index (χ4n) is 4.38. The molecule has 2 aliphatic heterocycles. The van der Waals surface area contributed by atoms with Crippen LogP contribution in [-0.4, -0.2) is 50.7 Å². The molecule has 0 aromatic heterocycles. The summed E-state index contributed by atoms with van der Waals surface area (Å²) < 4.78 is 17.6. The maximum Gasteiger partial charge on any atom is 0.0939 e. The van der Waals surface area contributed by atoms with Crippen LogP contribution in [0.4, 0.5) is 0 Å². The summed E-state index contributed by atoms with van der Waals surface area (Å²) in [5, 5.41) is 3.73. The van der Waals surface area contributed by atoms with Gasteiger partial charge in [-0.1, -0.05) is 6.92 Å². The Morgan fingerprint density at radius 2 is 2.15 bits per heavy atom. The molecule has 0 radical (unpaired) electrons. The predicted molar refractivity (Wildman–Crippen MR) is 77.9 cm³/mol. The summed E-state index contributed by atoms with van der Waals surface area (Å²) >= 11 is 0. The molecule has 1 aliphatic carbocycles. The molecule has 1 saturated carbocycles. The minimum Gasteiger partial charge on any atom is -0.378 e. The van der Waals surface area contributed by atoms with E-state index < -0.39 is 0 Å². The standard InChI is InChI=1S/C16H29NO3/c1-3-17-14(16(18-2)6-4-7-16)13-5-9-20-15(11-13)8-10-19-12-15/h13-14,17H,3-12H2,1-2H3. The molecule has 2 saturated heterocycles. The highest BCUT2D eigenvalue weighted by atomic mass is 16.6. The SMILES string of the molecule is CCNC(C1CCOC2(CCOC2)C1)C1(OC)CCC1. The summed E-state index contributed by atoms with van der Waals surface area (Å²) in [4.78, 5) is 0. The third kappa shape index (κ3) is 2.52. The quantitative estimate of drug-likeness (QED) is 0.839. The lowest BCUT2D eigenvalue weighted by molar-refractivity contribution is -0.148. The largest absolute Gasteiger partial charge is 0.378 e. The van der Waals surface area contributed by atoms with Crippen LogP contribution in [0.1, 0.15) is 45.4 Å². The van der Waals surface area contributed by atoms with E-state index in [1.54, 1.807) is 0 Å². The third-order valence-electron chi connectivity index (χ3n) is 5.67. The topological polar surface area (TPSA) is 39.7 Å². The van der Waals surface area contributed by atoms with Crippen LogP contribution >= 0.6 is 0 Å². The molecule has 3 unspecified atom stereocenters. The van der Waals surface area contributed by atoms with Crippen LogP contribution in [0.2, 0.25) is 0 Å². The average Bonchev–Trinajstić information content (AvgIpc) is 2.85. The van der Waals surface area contributed by atoms with Crippen molar-refractivity contribution in [2.75, 3.05) is 33.5 Å². The number of hydrogen-bond acceptors (Lipinski definition) is 4. The average molecular weight is 283 g/mol. The Kier molecular flexibility index (Phi) is 4.37. The molecule has 1 N–H and O–H groups in total. The first-order valence-electron chi connectivity index (χ1n) is 8.24. The van der Waals surface area contributed by atoms with E-state index in [-0.39, 0.29) is 11.2 Å². The van der Waals surface area contributed by atoms with Gasteiger partial charge in [-0.15, -0.1) is 0 Å². The molecule has 3 rings (SSSR count). The van der Waals surface area contributed by atoms with Crippen molar-refractivity contribution >= 4 is 0 Å². The summed E-state index contributed by atoms with van der Waals surface area (Å²) in [6.45, 7) is 5.71. The number of hydrogen-bond donors (Lipinski definition) is 1. The molecule has 4 nitrogen and oxygen atoms in total. The lowest BCUT2D eigenvalue weighted by atomic mass is 9.67. The summed E-state index contributed by atoms with van der Waals surface area (Å²) in [6.07, 6.45) is 7.01. The molecular weight excluding hydrogens is 254 g/mol. The molecule has 0 bridgehead atoms. The van der Waals surface area contributed by atoms with Gasteiger partial charge in [-0.05, 0) is 44.6 Å². The Hall–Kier alpha value is -0.160. The number of nitrogens with one attached hydrogen (secondary N) is 1. The lowest BCUT2D eigenvalue weighted by Gasteiger charge is -2.52. The van der Waals surface area contributed by atoms with Gasteiger partial charge in [-0.2, -0.15) is 0 Å². The van der Waals surface area contributed by atoms with E-state index in [1.165, 1.54) is 19.3 Å². The Morgan fingerprint density at radius 1 is 1.30 bits per heavy atom. The Bertz CT molecular complexity index is 318. The van der Waals surface area contributed by atoms with Gasteiger partial charge in [0.05, 0.1) is 17.8 Å². The van der Waals surface area contributed by atoms with Crippen molar-refractivity contribution in [2.24, 2.45) is 5.92 Å². The molecule has 1 spiro atoms. The van der Waals surface area contributed by atoms with E-state index in [9.17, 15) is 0 Å². The van der Waals surface area contributed by atoms with Crippen LogP contribution < -0.4 is 5.32 Å². The van der Waals surface area contributed by atoms with Crippen molar-refractivity contribution in [3.63, 3.8) is 0 Å². The summed E-state index contributed by atoms with van der Waals surface area (Å²) in [5.74, 6) is 0.644. The third-order valence-corrected chi connectivity index (χ3v) is 5.67. The Balaban J connectivity index is 1.73. The maximum absolute atomic E-state index is 6.09. The molecule has 2 heterocycles. The van der Waals surface area contributed by atoms with Gasteiger partial charge in [0.15, 0.2) is 0 Å². The highest BCUT2D eigenvalue weighted by Gasteiger charge is 2.51. The van der Waals surface area contributed by atoms with Crippen molar-refractivity contribution in [1.82, 2.24) is 5.32 Å². The second-order valence-electron chi connectivity index (χ2n) is 6.74. The first kappa shape index (κ1) is 14.8. The van der Waals surface area contributed by atoms with Gasteiger partial charge in [0.2, 0.25) is 0 Å². The van der Waals surface area contributed by atoms with Crippen molar-refractivity contribution in [1.29, 1.82) is 0 Å². The van der Waals surface area contributed by atoms with Gasteiger partial charge in [-0.3, -0.25) is 0 Å². The summed E-state index contributed by atoms with van der Waals surface area (Å²) in [7, 11) is 1.89. The molecule has 3 aliphatic rings. The first-order chi connectivity index (χ1) is 9.74. The second kappa shape index (κ2) is 5.91. The zero-order valence-electron chi connectivity index (χ0n) is 13.0. The first-order valence-corrected chi connectivity index (χ1v) is 8.24. The van der Waals surface area contributed by atoms with Crippen molar-refractivity contribution < 1.29 is 14.2 Å². The number of ether oxygens (including phenoxy) is 3. The van der Waals surface area contributed by atoms with Crippen molar-refractivity contribution in [3.8, 4) is 0 Å². The number of likely N-dealkylation sites (N-methyl/N-ethyl adjacent to an activating group) is 1. The molecule has 20 heavy (non-hydrogen) atoms. The minimum absolute atomic E-state index is 0.00470. The summed E-state index contributed by atoms with van der Waals surface area (Å²) in [5.41, 5.74) is 0.0634. The van der Waals surface area contributed by atoms with Crippen LogP contribution in [0.25, 0.3) is 0 Å². The highest BCUT2D eigenvalue weighted by Crippen LogP contribution is 2.45. The van der Waals surface area contributed by atoms with E-state index in [1.807, 2.05) is 7.11 Å². The normalized spacial score (nSPS) is 37.8. The van der Waals surface area contributed by atoms with Crippen molar-refractivity contribution in [3.05, 3.63) is 0 Å². The van der Waals surface area contributed by atoms with Crippen LogP contribution in [0, 0.1) is 5.92 Å². The summed E-state index contributed by atoms with van der Waals surface area (Å²) in [6, 6.07) is 0.465. The van der Waals surface area contributed by atoms with E-state index in [0.29, 0.717) is 12.0 Å². The smallest absolute Gasteiger partial charge is 0.0939 e. The van der Waals surface area contributed by atoms with E-state index in [4.69, 9.17) is 14.2 Å². The zero-order chi connectivity index (χ0) is 14.1. The van der Waals surface area contributed by atoms with E-state index in [2.05, 4.69) is 12.2 Å². The van der Waals surface area contributed by atoms with Gasteiger partial charge in [0, 0.05) is 32.8 Å². The predicted octanol–water partition coefficient (Wildman–Crippen LogP) is 2.12. The lowest BCUT2D eigenvalue weighted by Crippen LogP contribution is -2.61. The maximum atomic E-state index is 6.09. The van der Waals surface area contributed by atoms with Gasteiger partial charge in [0.25, 0.3) is 0 Å². The van der Waals surface area contributed by atoms with Gasteiger partial charge < -0.3 is 19.5 Å². The highest BCUT2D eigenvalue weighted by molar-refractivity contribution is 5.05. The molecule has 116 valence electrons. The molecule has 3 fully saturated rings. The number of rotatable bonds is 5. The molecule has 0 aromatic rings. The molecule has 4 heteroatoms. The Morgan fingerprint density at radius 3 is 2.70 bits per heavy atom. The van der Waals surface area contributed by atoms with Crippen LogP contribution in [0.3, 0.4) is 0 Å². The van der Waals surface area contributed by atoms with Gasteiger partial charge in [-0.25, -0.2) is 0 Å². The fourth-order valence-corrected chi connectivity index (χ4v) is 4.38. The van der Waals surface area contributed by atoms with Crippen LogP contribution in [0.5, 0.6) is 0 Å². The van der Waals surface area contributed by atoms with Gasteiger partial charge in [0.1, 0.15) is 0 Å². The van der Waals surface area contributed by atoms with E-state index >= 15 is 0 Å². The van der Waals surface area contributed by atoms with Crippen LogP contribution in [-0.2, 0) is 14.2 Å². The zero-order valence-corrected chi connectivity index (χ0v) is 13.0. The molecular formula is C16H29NO3. The fraction of sp³-hybridized carbons (Fsp3) is 1.00. The second-order valence-corrected chi connectivity index (χ2v) is 6.74. The minimum atomic E-state index is -0.00470. The Labute approximate surface area is 122 Å². The monoisotopic (exact) mass is 283 g/mol. The number of methoxy groups -OCH3 is 1. The molecule has 3 atom stereocenters. The van der Waals surface area contributed by atoms with Crippen LogP contribution in [0.15, 0.2) is 0 Å². The van der Waals surface area contributed by atoms with Crippen molar-refractivity contribution in [2.45, 2.75) is 62.7 Å². The molecule has 0 aromatic carbocycles. The van der Waals surface area contributed by atoms with Gasteiger partial charge >= 0.3 is 0 Å². The molecule has 0 amide bonds.